The highest BCUT2D eigenvalue weighted by molar-refractivity contribution is 7.47. The summed E-state index contributed by atoms with van der Waals surface area (Å²) in [6, 6.07) is 0. The first-order chi connectivity index (χ1) is 50.6. The second kappa shape index (κ2) is 77.8. The van der Waals surface area contributed by atoms with Crippen molar-refractivity contribution in [1.82, 2.24) is 0 Å². The molecule has 0 rings (SSSR count). The Bertz CT molecular complexity index is 1980. The third-order valence-corrected chi connectivity index (χ3v) is 22.3. The van der Waals surface area contributed by atoms with Crippen LogP contribution in [0.15, 0.2) is 0 Å². The smallest absolute Gasteiger partial charge is 0.462 e. The van der Waals surface area contributed by atoms with Crippen LogP contribution in [0.3, 0.4) is 0 Å². The summed E-state index contributed by atoms with van der Waals surface area (Å²) in [7, 11) is -9.93. The van der Waals surface area contributed by atoms with Crippen LogP contribution in [-0.2, 0) is 65.4 Å². The number of ether oxygens (including phenoxy) is 4. The van der Waals surface area contributed by atoms with Crippen molar-refractivity contribution in [3.63, 3.8) is 0 Å². The van der Waals surface area contributed by atoms with E-state index in [4.69, 9.17) is 37.0 Å². The van der Waals surface area contributed by atoms with Gasteiger partial charge in [0.1, 0.15) is 19.3 Å². The number of carbonyl (C=O) groups is 4. The first-order valence-electron chi connectivity index (χ1n) is 44.2. The number of hydrogen-bond acceptors (Lipinski definition) is 15. The van der Waals surface area contributed by atoms with Gasteiger partial charge in [-0.2, -0.15) is 0 Å². The van der Waals surface area contributed by atoms with Gasteiger partial charge >= 0.3 is 39.5 Å². The molecule has 0 spiro atoms. The van der Waals surface area contributed by atoms with Crippen molar-refractivity contribution in [2.45, 2.75) is 477 Å². The van der Waals surface area contributed by atoms with E-state index in [0.29, 0.717) is 25.7 Å². The summed E-state index contributed by atoms with van der Waals surface area (Å²) >= 11 is 0. The molecule has 0 heterocycles. The average molecular weight is 1520 g/mol. The molecule has 0 aliphatic carbocycles. The molecule has 0 amide bonds. The number of unbranched alkanes of at least 4 members (excludes halogenated alkanes) is 56. The summed E-state index contributed by atoms with van der Waals surface area (Å²) in [5, 5.41) is 10.7. The summed E-state index contributed by atoms with van der Waals surface area (Å²) in [6.45, 7) is 7.32. The Balaban J connectivity index is 5.23. The van der Waals surface area contributed by atoms with Crippen molar-refractivity contribution in [3.8, 4) is 0 Å². The van der Waals surface area contributed by atoms with Crippen molar-refractivity contribution >= 4 is 39.5 Å². The van der Waals surface area contributed by atoms with E-state index in [1.165, 1.54) is 276 Å². The maximum absolute atomic E-state index is 13.1. The average Bonchev–Trinajstić information content (AvgIpc) is 0.905. The van der Waals surface area contributed by atoms with Crippen molar-refractivity contribution in [2.24, 2.45) is 5.92 Å². The Kier molecular flexibility index (Phi) is 76.3. The van der Waals surface area contributed by atoms with Gasteiger partial charge in [-0.25, -0.2) is 9.13 Å². The second-order valence-electron chi connectivity index (χ2n) is 30.8. The molecule has 0 aromatic carbocycles. The van der Waals surface area contributed by atoms with Crippen LogP contribution >= 0.6 is 15.6 Å². The predicted octanol–water partition coefficient (Wildman–Crippen LogP) is 26.0. The summed E-state index contributed by atoms with van der Waals surface area (Å²) in [4.78, 5) is 73.2. The molecule has 618 valence electrons. The Morgan fingerprint density at radius 3 is 0.683 bits per heavy atom. The van der Waals surface area contributed by atoms with Crippen LogP contribution in [-0.4, -0.2) is 96.7 Å². The summed E-state index contributed by atoms with van der Waals surface area (Å²) in [5.41, 5.74) is 0. The number of phosphoric ester groups is 2. The fraction of sp³-hybridized carbons (Fsp3) is 0.953. The largest absolute Gasteiger partial charge is 0.472 e. The second-order valence-corrected chi connectivity index (χ2v) is 33.7. The lowest BCUT2D eigenvalue weighted by Gasteiger charge is -2.21. The van der Waals surface area contributed by atoms with Gasteiger partial charge in [-0.05, 0) is 31.6 Å². The van der Waals surface area contributed by atoms with Gasteiger partial charge in [0.15, 0.2) is 12.2 Å². The summed E-state index contributed by atoms with van der Waals surface area (Å²) in [5.74, 6) is -1.37. The molecule has 0 saturated heterocycles. The molecular weight excluding hydrogens is 1350 g/mol. The fourth-order valence-corrected chi connectivity index (χ4v) is 14.8. The Morgan fingerprint density at radius 2 is 0.462 bits per heavy atom. The van der Waals surface area contributed by atoms with Crippen molar-refractivity contribution in [1.29, 1.82) is 0 Å². The molecule has 17 nitrogen and oxygen atoms in total. The van der Waals surface area contributed by atoms with E-state index in [1.807, 2.05) is 0 Å². The fourth-order valence-electron chi connectivity index (χ4n) is 13.3. The number of hydrogen-bond donors (Lipinski definition) is 3. The molecule has 19 heteroatoms. The van der Waals surface area contributed by atoms with Gasteiger partial charge in [-0.15, -0.1) is 0 Å². The third-order valence-electron chi connectivity index (χ3n) is 20.4. The highest BCUT2D eigenvalue weighted by Gasteiger charge is 2.30. The van der Waals surface area contributed by atoms with Crippen LogP contribution in [0.25, 0.3) is 0 Å². The van der Waals surface area contributed by atoms with Gasteiger partial charge in [0.05, 0.1) is 26.4 Å². The summed E-state index contributed by atoms with van der Waals surface area (Å²) < 4.78 is 68.9. The van der Waals surface area contributed by atoms with Crippen LogP contribution in [0.4, 0.5) is 0 Å². The molecule has 3 N–H and O–H groups in total. The van der Waals surface area contributed by atoms with Gasteiger partial charge in [0.25, 0.3) is 0 Å². The number of phosphoric acid groups is 2. The van der Waals surface area contributed by atoms with Crippen molar-refractivity contribution in [2.75, 3.05) is 39.6 Å². The first-order valence-corrected chi connectivity index (χ1v) is 47.2. The molecule has 104 heavy (non-hydrogen) atoms. The molecule has 0 aromatic heterocycles. The molecule has 0 aliphatic rings. The van der Waals surface area contributed by atoms with Crippen LogP contribution < -0.4 is 0 Å². The Hall–Kier alpha value is -1.94. The maximum atomic E-state index is 13.1. The molecule has 0 saturated carbocycles. The van der Waals surface area contributed by atoms with Gasteiger partial charge < -0.3 is 33.8 Å². The van der Waals surface area contributed by atoms with Gasteiger partial charge in [0.2, 0.25) is 0 Å². The van der Waals surface area contributed by atoms with E-state index in [9.17, 15) is 43.2 Å². The Morgan fingerprint density at radius 1 is 0.269 bits per heavy atom. The van der Waals surface area contributed by atoms with E-state index in [2.05, 4.69) is 34.6 Å². The maximum Gasteiger partial charge on any atom is 0.472 e. The zero-order valence-corrected chi connectivity index (χ0v) is 70.0. The number of aliphatic hydroxyl groups is 1. The first kappa shape index (κ1) is 102. The highest BCUT2D eigenvalue weighted by atomic mass is 31.2. The minimum atomic E-state index is -4.96. The van der Waals surface area contributed by atoms with Crippen LogP contribution in [0, 0.1) is 5.92 Å². The normalized spacial score (nSPS) is 14.0. The molecule has 0 aliphatic heterocycles. The zero-order valence-electron chi connectivity index (χ0n) is 68.2. The Labute approximate surface area is 638 Å². The van der Waals surface area contributed by atoms with Crippen LogP contribution in [0.5, 0.6) is 0 Å². The zero-order chi connectivity index (χ0) is 76.2. The number of esters is 4. The minimum Gasteiger partial charge on any atom is -0.462 e. The van der Waals surface area contributed by atoms with E-state index in [-0.39, 0.29) is 25.7 Å². The number of carbonyl (C=O) groups excluding carboxylic acids is 4. The summed E-state index contributed by atoms with van der Waals surface area (Å²) in [6.07, 6.45) is 70.9. The van der Waals surface area contributed by atoms with Gasteiger partial charge in [0, 0.05) is 25.7 Å². The molecular formula is C85H166O17P2. The standard InChI is InChI=1S/C85H166O17P2/c1-6-10-13-16-19-22-25-28-31-34-37-40-43-46-49-52-58-63-68-82(87)95-74-80(101-84(89)70-65-60-53-50-47-44-41-38-35-32-29-26-23-20-17-14-11-7-2)76-99-103(91,92)97-72-79(86)73-98-104(93,94)100-77-81(75-96-83(88)69-64-59-56-55-57-62-67-78(5)9-4)102-85(90)71-66-61-54-51-48-45-42-39-36-33-30-27-24-21-18-15-12-8-3/h78-81,86H,6-77H2,1-5H3,(H,91,92)(H,93,94)/t78?,79-,80-,81-/m1/s1. The van der Waals surface area contributed by atoms with Crippen molar-refractivity contribution < 1.29 is 80.2 Å². The van der Waals surface area contributed by atoms with E-state index in [0.717, 1.165) is 102 Å². The molecule has 6 atom stereocenters. The lowest BCUT2D eigenvalue weighted by Crippen LogP contribution is -2.30. The van der Waals surface area contributed by atoms with Crippen LogP contribution in [0.2, 0.25) is 0 Å². The molecule has 0 aromatic rings. The molecule has 3 unspecified atom stereocenters. The topological polar surface area (TPSA) is 237 Å². The lowest BCUT2D eigenvalue weighted by molar-refractivity contribution is -0.161. The SMILES string of the molecule is CCCCCCCCCCCCCCCCCCCCC(=O)OC[C@H](COP(=O)(O)OC[C@@H](O)COP(=O)(O)OC[C@@H](COC(=O)CCCCCCCCC(C)CC)OC(=O)CCCCCCCCCCCCCCCCCCCC)OC(=O)CCCCCCCCCCCCCCCCCCCC. The van der Waals surface area contributed by atoms with E-state index < -0.39 is 97.5 Å². The molecule has 0 bridgehead atoms. The predicted molar refractivity (Wildman–Crippen MR) is 428 cm³/mol. The number of aliphatic hydroxyl groups excluding tert-OH is 1. The quantitative estimate of drug-likeness (QED) is 0.0222. The van der Waals surface area contributed by atoms with Gasteiger partial charge in [-0.1, -0.05) is 407 Å². The highest BCUT2D eigenvalue weighted by Crippen LogP contribution is 2.45. The molecule has 0 radical (unpaired) electrons. The monoisotopic (exact) mass is 1520 g/mol. The van der Waals surface area contributed by atoms with E-state index >= 15 is 0 Å². The third kappa shape index (κ3) is 76.8. The van der Waals surface area contributed by atoms with Crippen molar-refractivity contribution in [3.05, 3.63) is 0 Å². The lowest BCUT2D eigenvalue weighted by atomic mass is 10.00. The molecule has 0 fully saturated rings. The minimum absolute atomic E-state index is 0.108. The number of rotatable bonds is 85. The van der Waals surface area contributed by atoms with E-state index in [1.54, 1.807) is 0 Å². The van der Waals surface area contributed by atoms with Crippen LogP contribution in [0.1, 0.15) is 458 Å². The van der Waals surface area contributed by atoms with Gasteiger partial charge in [-0.3, -0.25) is 37.3 Å².